The van der Waals surface area contributed by atoms with Crippen LogP contribution in [0.1, 0.15) is 37.1 Å². The zero-order chi connectivity index (χ0) is 14.5. The molecule has 0 aliphatic carbocycles. The van der Waals surface area contributed by atoms with E-state index in [9.17, 15) is 4.79 Å². The highest BCUT2D eigenvalue weighted by molar-refractivity contribution is 5.89. The van der Waals surface area contributed by atoms with Gasteiger partial charge in [0, 0.05) is 19.2 Å². The number of aromatic nitrogens is 1. The predicted molar refractivity (Wildman–Crippen MR) is 77.2 cm³/mol. The third kappa shape index (κ3) is 3.68. The van der Waals surface area contributed by atoms with Gasteiger partial charge in [-0.2, -0.15) is 0 Å². The van der Waals surface area contributed by atoms with Gasteiger partial charge in [0.1, 0.15) is 5.76 Å². The van der Waals surface area contributed by atoms with E-state index >= 15 is 0 Å². The summed E-state index contributed by atoms with van der Waals surface area (Å²) in [6.45, 7) is 5.99. The van der Waals surface area contributed by atoms with Gasteiger partial charge >= 0.3 is 0 Å². The monoisotopic (exact) mass is 273 g/mol. The average Bonchev–Trinajstić information content (AvgIpc) is 2.83. The average molecular weight is 273 g/mol. The van der Waals surface area contributed by atoms with E-state index in [0.717, 1.165) is 17.0 Å². The minimum absolute atomic E-state index is 0.00841. The number of para-hydroxylation sites is 1. The summed E-state index contributed by atoms with van der Waals surface area (Å²) < 4.78 is 5.49. The summed E-state index contributed by atoms with van der Waals surface area (Å²) in [6.07, 6.45) is 1.71. The highest BCUT2D eigenvalue weighted by Gasteiger charge is 2.11. The number of oxazole rings is 1. The van der Waals surface area contributed by atoms with Crippen molar-refractivity contribution in [3.8, 4) is 0 Å². The number of nitrogens with zero attached hydrogens (tertiary/aromatic N) is 1. The first-order chi connectivity index (χ1) is 9.56. The molecule has 2 N–H and O–H groups in total. The Morgan fingerprint density at radius 3 is 2.80 bits per heavy atom. The number of anilines is 1. The normalized spacial score (nSPS) is 12.2. The van der Waals surface area contributed by atoms with Gasteiger partial charge in [-0.05, 0) is 25.5 Å². The lowest BCUT2D eigenvalue weighted by molar-refractivity contribution is -0.114. The second kappa shape index (κ2) is 6.34. The number of hydrogen-bond acceptors (Lipinski definition) is 4. The highest BCUT2D eigenvalue weighted by Crippen LogP contribution is 2.17. The molecule has 5 nitrogen and oxygen atoms in total. The van der Waals surface area contributed by atoms with Gasteiger partial charge in [-0.25, -0.2) is 4.98 Å². The molecule has 1 heterocycles. The summed E-state index contributed by atoms with van der Waals surface area (Å²) in [7, 11) is 0. The minimum Gasteiger partial charge on any atom is -0.444 e. The topological polar surface area (TPSA) is 67.2 Å². The molecule has 1 unspecified atom stereocenters. The first kappa shape index (κ1) is 14.3. The molecule has 0 fully saturated rings. The van der Waals surface area contributed by atoms with Gasteiger partial charge in [0.15, 0.2) is 0 Å². The number of amides is 1. The quantitative estimate of drug-likeness (QED) is 0.879. The Morgan fingerprint density at radius 2 is 2.15 bits per heavy atom. The van der Waals surface area contributed by atoms with E-state index in [2.05, 4.69) is 15.6 Å². The summed E-state index contributed by atoms with van der Waals surface area (Å²) in [6, 6.07) is 7.72. The number of rotatable bonds is 5. The molecule has 1 amide bonds. The molecule has 0 spiro atoms. The Kier molecular flexibility index (Phi) is 4.53. The van der Waals surface area contributed by atoms with E-state index in [0.29, 0.717) is 12.4 Å². The predicted octanol–water partition coefficient (Wildman–Crippen LogP) is 2.79. The Hall–Kier alpha value is -2.14. The second-order valence-corrected chi connectivity index (χ2v) is 4.75. The summed E-state index contributed by atoms with van der Waals surface area (Å²) in [5.41, 5.74) is 1.85. The third-order valence-electron chi connectivity index (χ3n) is 2.94. The van der Waals surface area contributed by atoms with Crippen LogP contribution < -0.4 is 10.6 Å². The van der Waals surface area contributed by atoms with Crippen molar-refractivity contribution in [2.45, 2.75) is 33.4 Å². The molecule has 1 aromatic carbocycles. The van der Waals surface area contributed by atoms with Crippen LogP contribution >= 0.6 is 0 Å². The molecule has 0 radical (unpaired) electrons. The zero-order valence-corrected chi connectivity index (χ0v) is 11.9. The molecular weight excluding hydrogens is 254 g/mol. The molecule has 0 aliphatic heterocycles. The number of hydrogen-bond donors (Lipinski definition) is 2. The fourth-order valence-electron chi connectivity index (χ4n) is 1.91. The largest absolute Gasteiger partial charge is 0.444 e. The maximum absolute atomic E-state index is 11.2. The first-order valence-electron chi connectivity index (χ1n) is 6.57. The van der Waals surface area contributed by atoms with E-state index in [1.807, 2.05) is 38.1 Å². The molecule has 1 atom stereocenters. The van der Waals surface area contributed by atoms with Crippen LogP contribution in [0, 0.1) is 6.92 Å². The Morgan fingerprint density at radius 1 is 1.40 bits per heavy atom. The van der Waals surface area contributed by atoms with Crippen molar-refractivity contribution in [3.63, 3.8) is 0 Å². The van der Waals surface area contributed by atoms with E-state index in [1.54, 1.807) is 6.20 Å². The maximum Gasteiger partial charge on any atom is 0.221 e. The van der Waals surface area contributed by atoms with Gasteiger partial charge in [-0.1, -0.05) is 18.2 Å². The van der Waals surface area contributed by atoms with Crippen LogP contribution in [0.5, 0.6) is 0 Å². The maximum atomic E-state index is 11.2. The first-order valence-corrected chi connectivity index (χ1v) is 6.57. The second-order valence-electron chi connectivity index (χ2n) is 4.75. The number of carbonyl (C=O) groups is 1. The smallest absolute Gasteiger partial charge is 0.221 e. The molecule has 2 aromatic rings. The van der Waals surface area contributed by atoms with E-state index in [4.69, 9.17) is 4.42 Å². The summed E-state index contributed by atoms with van der Waals surface area (Å²) in [5, 5.41) is 6.16. The number of nitrogens with one attached hydrogen (secondary N) is 2. The molecule has 20 heavy (non-hydrogen) atoms. The lowest BCUT2D eigenvalue weighted by Gasteiger charge is -2.13. The molecule has 0 saturated carbocycles. The van der Waals surface area contributed by atoms with E-state index < -0.39 is 0 Å². The molecule has 1 aromatic heterocycles. The van der Waals surface area contributed by atoms with Crippen LogP contribution in [0.3, 0.4) is 0 Å². The molecule has 5 heteroatoms. The van der Waals surface area contributed by atoms with Crippen molar-refractivity contribution in [2.24, 2.45) is 0 Å². The zero-order valence-electron chi connectivity index (χ0n) is 11.9. The van der Waals surface area contributed by atoms with Gasteiger partial charge in [-0.15, -0.1) is 0 Å². The van der Waals surface area contributed by atoms with Crippen LogP contribution in [-0.2, 0) is 11.3 Å². The minimum atomic E-state index is -0.0752. The Balaban J connectivity index is 2.01. The van der Waals surface area contributed by atoms with Crippen LogP contribution in [0.25, 0.3) is 0 Å². The third-order valence-corrected chi connectivity index (χ3v) is 2.94. The van der Waals surface area contributed by atoms with Gasteiger partial charge in [-0.3, -0.25) is 4.79 Å². The Bertz CT molecular complexity index is 592. The van der Waals surface area contributed by atoms with Crippen LogP contribution in [0.15, 0.2) is 34.9 Å². The van der Waals surface area contributed by atoms with Crippen LogP contribution in [0.4, 0.5) is 5.69 Å². The fourth-order valence-corrected chi connectivity index (χ4v) is 1.91. The summed E-state index contributed by atoms with van der Waals surface area (Å²) >= 11 is 0. The van der Waals surface area contributed by atoms with Crippen molar-refractivity contribution in [2.75, 3.05) is 5.32 Å². The van der Waals surface area contributed by atoms with Gasteiger partial charge in [0.2, 0.25) is 11.8 Å². The molecular formula is C15H19N3O2. The van der Waals surface area contributed by atoms with Gasteiger partial charge < -0.3 is 15.1 Å². The molecule has 106 valence electrons. The Labute approximate surface area is 118 Å². The van der Waals surface area contributed by atoms with E-state index in [-0.39, 0.29) is 11.9 Å². The number of benzene rings is 1. The molecule has 2 rings (SSSR count). The van der Waals surface area contributed by atoms with Crippen molar-refractivity contribution >= 4 is 11.6 Å². The van der Waals surface area contributed by atoms with Crippen molar-refractivity contribution < 1.29 is 9.21 Å². The number of carbonyl (C=O) groups excluding carboxylic acids is 1. The molecule has 0 aliphatic rings. The van der Waals surface area contributed by atoms with Crippen molar-refractivity contribution in [1.82, 2.24) is 10.3 Å². The molecule has 0 saturated heterocycles. The van der Waals surface area contributed by atoms with Crippen molar-refractivity contribution in [3.05, 3.63) is 47.7 Å². The van der Waals surface area contributed by atoms with Crippen LogP contribution in [0.2, 0.25) is 0 Å². The van der Waals surface area contributed by atoms with Gasteiger partial charge in [0.05, 0.1) is 12.2 Å². The standard InChI is InChI=1S/C15H19N3O2/c1-10-8-17-15(20-10)11(2)16-9-13-6-4-5-7-14(13)18-12(3)19/h4-8,11,16H,9H2,1-3H3,(H,18,19). The fraction of sp³-hybridized carbons (Fsp3) is 0.333. The lowest BCUT2D eigenvalue weighted by atomic mass is 10.1. The SMILES string of the molecule is CC(=O)Nc1ccccc1CNC(C)c1ncc(C)o1. The van der Waals surface area contributed by atoms with Crippen LogP contribution in [-0.4, -0.2) is 10.9 Å². The molecule has 0 bridgehead atoms. The highest BCUT2D eigenvalue weighted by atomic mass is 16.4. The summed E-state index contributed by atoms with van der Waals surface area (Å²) in [5.74, 6) is 1.39. The van der Waals surface area contributed by atoms with E-state index in [1.165, 1.54) is 6.92 Å². The summed E-state index contributed by atoms with van der Waals surface area (Å²) in [4.78, 5) is 15.4. The van der Waals surface area contributed by atoms with Gasteiger partial charge in [0.25, 0.3) is 0 Å². The number of aryl methyl sites for hydroxylation is 1. The van der Waals surface area contributed by atoms with Crippen molar-refractivity contribution in [1.29, 1.82) is 0 Å². The lowest BCUT2D eigenvalue weighted by Crippen LogP contribution is -2.19.